The number of methoxy groups -OCH3 is 1. The topological polar surface area (TPSA) is 49.8 Å². The van der Waals surface area contributed by atoms with Gasteiger partial charge >= 0.3 is 5.97 Å². The molecule has 1 aromatic rings. The SMILES string of the molecule is COc1ccc(C(=O)O)cc1N1CC(C)C1. The highest BCUT2D eigenvalue weighted by Gasteiger charge is 2.25. The van der Waals surface area contributed by atoms with Gasteiger partial charge in [0.05, 0.1) is 18.4 Å². The van der Waals surface area contributed by atoms with Crippen molar-refractivity contribution in [2.45, 2.75) is 6.92 Å². The molecule has 4 nitrogen and oxygen atoms in total. The molecular formula is C12H15NO3. The number of hydrogen-bond acceptors (Lipinski definition) is 3. The second-order valence-corrected chi connectivity index (χ2v) is 4.20. The van der Waals surface area contributed by atoms with E-state index >= 15 is 0 Å². The third kappa shape index (κ3) is 1.83. The van der Waals surface area contributed by atoms with Crippen molar-refractivity contribution in [2.24, 2.45) is 5.92 Å². The number of carboxylic acids is 1. The molecule has 4 heteroatoms. The normalized spacial score (nSPS) is 15.8. The molecule has 0 saturated carbocycles. The van der Waals surface area contributed by atoms with Crippen LogP contribution in [-0.4, -0.2) is 31.3 Å². The highest BCUT2D eigenvalue weighted by Crippen LogP contribution is 2.33. The monoisotopic (exact) mass is 221 g/mol. The summed E-state index contributed by atoms with van der Waals surface area (Å²) in [5.41, 5.74) is 1.18. The molecular weight excluding hydrogens is 206 g/mol. The molecule has 1 saturated heterocycles. The summed E-state index contributed by atoms with van der Waals surface area (Å²) in [4.78, 5) is 13.0. The number of anilines is 1. The summed E-state index contributed by atoms with van der Waals surface area (Å²) in [5.74, 6) is 0.493. The van der Waals surface area contributed by atoms with Crippen LogP contribution in [0.3, 0.4) is 0 Å². The Hall–Kier alpha value is -1.71. The van der Waals surface area contributed by atoms with E-state index in [-0.39, 0.29) is 0 Å². The molecule has 0 spiro atoms. The molecule has 1 aromatic carbocycles. The lowest BCUT2D eigenvalue weighted by atomic mass is 10.0. The maximum atomic E-state index is 10.9. The number of benzene rings is 1. The summed E-state index contributed by atoms with van der Waals surface area (Å²) in [6.45, 7) is 4.09. The van der Waals surface area contributed by atoms with Crippen LogP contribution in [0.1, 0.15) is 17.3 Å². The fourth-order valence-corrected chi connectivity index (χ4v) is 1.97. The lowest BCUT2D eigenvalue weighted by Crippen LogP contribution is -2.45. The minimum atomic E-state index is -0.905. The Labute approximate surface area is 94.4 Å². The summed E-state index contributed by atoms with van der Waals surface area (Å²) in [7, 11) is 1.60. The summed E-state index contributed by atoms with van der Waals surface area (Å²) < 4.78 is 5.24. The first-order valence-electron chi connectivity index (χ1n) is 5.28. The molecule has 0 amide bonds. The lowest BCUT2D eigenvalue weighted by Gasteiger charge is -2.39. The van der Waals surface area contributed by atoms with Crippen LogP contribution < -0.4 is 9.64 Å². The van der Waals surface area contributed by atoms with Crippen molar-refractivity contribution < 1.29 is 14.6 Å². The first-order valence-corrected chi connectivity index (χ1v) is 5.28. The van der Waals surface area contributed by atoms with Gasteiger partial charge in [-0.05, 0) is 24.1 Å². The number of rotatable bonds is 3. The van der Waals surface area contributed by atoms with Gasteiger partial charge in [-0.2, -0.15) is 0 Å². The predicted octanol–water partition coefficient (Wildman–Crippen LogP) is 1.85. The van der Waals surface area contributed by atoms with Crippen molar-refractivity contribution >= 4 is 11.7 Å². The Morgan fingerprint density at radius 1 is 1.50 bits per heavy atom. The van der Waals surface area contributed by atoms with Gasteiger partial charge in [0.2, 0.25) is 0 Å². The highest BCUT2D eigenvalue weighted by molar-refractivity contribution is 5.89. The van der Waals surface area contributed by atoms with Gasteiger partial charge in [-0.3, -0.25) is 0 Å². The molecule has 1 heterocycles. The third-order valence-electron chi connectivity index (χ3n) is 2.83. The maximum Gasteiger partial charge on any atom is 0.335 e. The van der Waals surface area contributed by atoms with Gasteiger partial charge in [0.25, 0.3) is 0 Å². The van der Waals surface area contributed by atoms with Crippen LogP contribution in [0, 0.1) is 5.92 Å². The average Bonchev–Trinajstić information content (AvgIpc) is 2.24. The zero-order valence-corrected chi connectivity index (χ0v) is 9.43. The van der Waals surface area contributed by atoms with Gasteiger partial charge in [-0.25, -0.2) is 4.79 Å². The second-order valence-electron chi connectivity index (χ2n) is 4.20. The third-order valence-corrected chi connectivity index (χ3v) is 2.83. The van der Waals surface area contributed by atoms with E-state index in [1.807, 2.05) is 0 Å². The van der Waals surface area contributed by atoms with E-state index in [9.17, 15) is 4.79 Å². The molecule has 1 aliphatic heterocycles. The summed E-state index contributed by atoms with van der Waals surface area (Å²) in [5, 5.41) is 8.94. The molecule has 0 radical (unpaired) electrons. The van der Waals surface area contributed by atoms with Gasteiger partial charge in [-0.1, -0.05) is 6.92 Å². The van der Waals surface area contributed by atoms with Gasteiger partial charge in [-0.15, -0.1) is 0 Å². The second kappa shape index (κ2) is 4.04. The van der Waals surface area contributed by atoms with Crippen LogP contribution in [0.4, 0.5) is 5.69 Å². The van der Waals surface area contributed by atoms with E-state index < -0.39 is 5.97 Å². The van der Waals surface area contributed by atoms with E-state index in [4.69, 9.17) is 9.84 Å². The summed E-state index contributed by atoms with van der Waals surface area (Å²) >= 11 is 0. The fourth-order valence-electron chi connectivity index (χ4n) is 1.97. The quantitative estimate of drug-likeness (QED) is 0.846. The molecule has 1 fully saturated rings. The molecule has 1 aliphatic rings. The van der Waals surface area contributed by atoms with E-state index in [2.05, 4.69) is 11.8 Å². The van der Waals surface area contributed by atoms with Crippen LogP contribution in [0.2, 0.25) is 0 Å². The highest BCUT2D eigenvalue weighted by atomic mass is 16.5. The Balaban J connectivity index is 2.32. The molecule has 0 aliphatic carbocycles. The molecule has 86 valence electrons. The summed E-state index contributed by atoms with van der Waals surface area (Å²) in [6, 6.07) is 4.95. The average molecular weight is 221 g/mol. The predicted molar refractivity (Wildman–Crippen MR) is 61.3 cm³/mol. The van der Waals surface area contributed by atoms with Crippen molar-refractivity contribution in [1.82, 2.24) is 0 Å². The molecule has 16 heavy (non-hydrogen) atoms. The van der Waals surface area contributed by atoms with Crippen molar-refractivity contribution in [2.75, 3.05) is 25.1 Å². The first-order chi connectivity index (χ1) is 7.61. The zero-order valence-electron chi connectivity index (χ0n) is 9.43. The van der Waals surface area contributed by atoms with Gasteiger partial charge in [0.15, 0.2) is 0 Å². The van der Waals surface area contributed by atoms with Crippen LogP contribution in [-0.2, 0) is 0 Å². The largest absolute Gasteiger partial charge is 0.495 e. The Morgan fingerprint density at radius 3 is 2.69 bits per heavy atom. The Morgan fingerprint density at radius 2 is 2.19 bits per heavy atom. The Bertz CT molecular complexity index is 411. The molecule has 0 unspecified atom stereocenters. The molecule has 0 atom stereocenters. The van der Waals surface area contributed by atoms with Crippen LogP contribution in [0.5, 0.6) is 5.75 Å². The molecule has 0 bridgehead atoms. The number of hydrogen-bond donors (Lipinski definition) is 1. The molecule has 1 N–H and O–H groups in total. The van der Waals surface area contributed by atoms with E-state index in [1.165, 1.54) is 0 Å². The standard InChI is InChI=1S/C12H15NO3/c1-8-6-13(7-8)10-5-9(12(14)15)3-4-11(10)16-2/h3-5,8H,6-7H2,1-2H3,(H,14,15). The first kappa shape index (κ1) is 10.8. The van der Waals surface area contributed by atoms with Crippen molar-refractivity contribution in [1.29, 1.82) is 0 Å². The van der Waals surface area contributed by atoms with E-state index in [0.717, 1.165) is 24.5 Å². The zero-order chi connectivity index (χ0) is 11.7. The minimum absolute atomic E-state index is 0.301. The van der Waals surface area contributed by atoms with E-state index in [1.54, 1.807) is 25.3 Å². The smallest absolute Gasteiger partial charge is 0.335 e. The maximum absolute atomic E-state index is 10.9. The van der Waals surface area contributed by atoms with Crippen molar-refractivity contribution in [3.8, 4) is 5.75 Å². The van der Waals surface area contributed by atoms with Crippen LogP contribution in [0.15, 0.2) is 18.2 Å². The minimum Gasteiger partial charge on any atom is -0.495 e. The van der Waals surface area contributed by atoms with Crippen LogP contribution >= 0.6 is 0 Å². The number of carbonyl (C=O) groups is 1. The van der Waals surface area contributed by atoms with Crippen molar-refractivity contribution in [3.05, 3.63) is 23.8 Å². The van der Waals surface area contributed by atoms with Gasteiger partial charge < -0.3 is 14.7 Å². The number of carboxylic acid groups (broad SMARTS) is 1. The fraction of sp³-hybridized carbons (Fsp3) is 0.417. The van der Waals surface area contributed by atoms with Crippen molar-refractivity contribution in [3.63, 3.8) is 0 Å². The lowest BCUT2D eigenvalue weighted by molar-refractivity contribution is 0.0697. The number of ether oxygens (including phenoxy) is 1. The number of aromatic carboxylic acids is 1. The summed E-state index contributed by atoms with van der Waals surface area (Å²) in [6.07, 6.45) is 0. The Kier molecular flexibility index (Phi) is 2.73. The number of nitrogens with zero attached hydrogens (tertiary/aromatic N) is 1. The van der Waals surface area contributed by atoms with Gasteiger partial charge in [0.1, 0.15) is 5.75 Å². The molecule has 2 rings (SSSR count). The van der Waals surface area contributed by atoms with Gasteiger partial charge in [0, 0.05) is 13.1 Å². The molecule has 0 aromatic heterocycles. The van der Waals surface area contributed by atoms with Crippen LogP contribution in [0.25, 0.3) is 0 Å². The van der Waals surface area contributed by atoms with E-state index in [0.29, 0.717) is 11.5 Å².